The Balaban J connectivity index is 0.000000190. The highest BCUT2D eigenvalue weighted by Crippen LogP contribution is 2.34. The molecule has 1 fully saturated rings. The van der Waals surface area contributed by atoms with Crippen molar-refractivity contribution in [3.05, 3.63) is 69.7 Å². The molecule has 1 heterocycles. The van der Waals surface area contributed by atoms with Gasteiger partial charge in [0.1, 0.15) is 6.10 Å². The number of alkyl halides is 6. The van der Waals surface area contributed by atoms with Crippen molar-refractivity contribution in [1.29, 1.82) is 0 Å². The Morgan fingerprint density at radius 3 is 1.77 bits per heavy atom. The molecule has 1 nitrogen and oxygen atoms in total. The van der Waals surface area contributed by atoms with E-state index in [1.165, 1.54) is 12.1 Å². The van der Waals surface area contributed by atoms with Crippen LogP contribution in [0.2, 0.25) is 0 Å². The lowest BCUT2D eigenvalue weighted by molar-refractivity contribution is -0.128. The Labute approximate surface area is 155 Å². The average Bonchev–Trinajstić information content (AvgIpc) is 3.33. The Morgan fingerprint density at radius 2 is 1.27 bits per heavy atom. The minimum atomic E-state index is -4.15. The second kappa shape index (κ2) is 8.43. The molecule has 1 aliphatic heterocycles. The third-order valence-corrected chi connectivity index (χ3v) is 4.25. The van der Waals surface area contributed by atoms with Crippen molar-refractivity contribution >= 4 is 15.9 Å². The first-order valence-corrected chi connectivity index (χ1v) is 8.41. The molecule has 0 radical (unpaired) electrons. The van der Waals surface area contributed by atoms with Gasteiger partial charge in [-0.3, -0.25) is 0 Å². The lowest BCUT2D eigenvalue weighted by atomic mass is 10.0. The van der Waals surface area contributed by atoms with Crippen molar-refractivity contribution in [1.82, 2.24) is 0 Å². The lowest BCUT2D eigenvalue weighted by Gasteiger charge is -2.09. The maximum atomic E-state index is 12.2. The monoisotopic (exact) mass is 440 g/mol. The Kier molecular flexibility index (Phi) is 6.74. The van der Waals surface area contributed by atoms with Gasteiger partial charge in [-0.15, -0.1) is 0 Å². The van der Waals surface area contributed by atoms with Crippen LogP contribution in [0.25, 0.3) is 0 Å². The fourth-order valence-corrected chi connectivity index (χ4v) is 2.74. The first-order valence-electron chi connectivity index (χ1n) is 7.61. The Morgan fingerprint density at radius 1 is 0.808 bits per heavy atom. The molecule has 2 aromatic carbocycles. The number of ether oxygens (including phenoxy) is 1. The van der Waals surface area contributed by atoms with E-state index in [1.54, 1.807) is 36.4 Å². The first kappa shape index (κ1) is 20.8. The minimum Gasteiger partial charge on any atom is -0.368 e. The van der Waals surface area contributed by atoms with Crippen LogP contribution in [-0.2, 0) is 17.6 Å². The highest BCUT2D eigenvalue weighted by atomic mass is 79.9. The molecule has 0 saturated carbocycles. The molecule has 26 heavy (non-hydrogen) atoms. The Bertz CT molecular complexity index is 722. The van der Waals surface area contributed by atoms with Crippen LogP contribution in [0.3, 0.4) is 0 Å². The van der Waals surface area contributed by atoms with Gasteiger partial charge in [-0.2, -0.15) is 26.3 Å². The van der Waals surface area contributed by atoms with E-state index in [2.05, 4.69) is 15.9 Å². The zero-order valence-electron chi connectivity index (χ0n) is 13.4. The number of rotatable bonds is 3. The van der Waals surface area contributed by atoms with E-state index in [-0.39, 0.29) is 11.7 Å². The third-order valence-electron chi connectivity index (χ3n) is 3.47. The SMILES string of the molecule is FC(F)(F)Cc1ccccc1Br.FC(F)(F)Cc1ccccc1C1CO1. The number of halogens is 7. The van der Waals surface area contributed by atoms with E-state index < -0.39 is 25.2 Å². The van der Waals surface area contributed by atoms with Gasteiger partial charge in [-0.05, 0) is 22.8 Å². The molecule has 0 aromatic heterocycles. The Hall–Kier alpha value is -1.54. The maximum absolute atomic E-state index is 12.2. The molecule has 3 rings (SSSR count). The molecular formula is C18H15BrF6O. The van der Waals surface area contributed by atoms with Crippen LogP contribution < -0.4 is 0 Å². The van der Waals surface area contributed by atoms with Crippen LogP contribution in [0.4, 0.5) is 26.3 Å². The van der Waals surface area contributed by atoms with Gasteiger partial charge in [-0.25, -0.2) is 0 Å². The van der Waals surface area contributed by atoms with Crippen LogP contribution in [0.5, 0.6) is 0 Å². The summed E-state index contributed by atoms with van der Waals surface area (Å²) in [5, 5.41) is 0. The highest BCUT2D eigenvalue weighted by Gasteiger charge is 2.33. The van der Waals surface area contributed by atoms with Crippen LogP contribution in [-0.4, -0.2) is 19.0 Å². The summed E-state index contributed by atoms with van der Waals surface area (Å²) in [5.74, 6) is 0. The van der Waals surface area contributed by atoms with Gasteiger partial charge in [0.2, 0.25) is 0 Å². The molecule has 0 bridgehead atoms. The van der Waals surface area contributed by atoms with Crippen molar-refractivity contribution in [2.24, 2.45) is 0 Å². The molecule has 0 aliphatic carbocycles. The topological polar surface area (TPSA) is 12.5 Å². The summed E-state index contributed by atoms with van der Waals surface area (Å²) < 4.78 is 77.7. The van der Waals surface area contributed by atoms with Gasteiger partial charge < -0.3 is 4.74 Å². The van der Waals surface area contributed by atoms with Crippen LogP contribution in [0.1, 0.15) is 22.8 Å². The smallest absolute Gasteiger partial charge is 0.368 e. The van der Waals surface area contributed by atoms with Gasteiger partial charge in [0.15, 0.2) is 0 Å². The van der Waals surface area contributed by atoms with Crippen LogP contribution in [0, 0.1) is 0 Å². The summed E-state index contributed by atoms with van der Waals surface area (Å²) in [5.41, 5.74) is 1.26. The van der Waals surface area contributed by atoms with E-state index in [9.17, 15) is 26.3 Å². The molecular weight excluding hydrogens is 426 g/mol. The summed E-state index contributed by atoms with van der Waals surface area (Å²) in [6.07, 6.45) is -10.2. The quantitative estimate of drug-likeness (QED) is 0.396. The number of hydrogen-bond donors (Lipinski definition) is 0. The van der Waals surface area contributed by atoms with Crippen molar-refractivity contribution in [3.63, 3.8) is 0 Å². The fourth-order valence-electron chi connectivity index (χ4n) is 2.31. The van der Waals surface area contributed by atoms with Crippen molar-refractivity contribution in [3.8, 4) is 0 Å². The molecule has 1 unspecified atom stereocenters. The normalized spacial score (nSPS) is 16.7. The van der Waals surface area contributed by atoms with Crippen molar-refractivity contribution < 1.29 is 31.1 Å². The molecule has 8 heteroatoms. The molecule has 1 saturated heterocycles. The predicted molar refractivity (Wildman–Crippen MR) is 88.8 cm³/mol. The number of benzene rings is 2. The van der Waals surface area contributed by atoms with E-state index in [0.29, 0.717) is 22.2 Å². The van der Waals surface area contributed by atoms with Gasteiger partial charge in [0.25, 0.3) is 0 Å². The van der Waals surface area contributed by atoms with E-state index >= 15 is 0 Å². The molecule has 0 spiro atoms. The van der Waals surface area contributed by atoms with Gasteiger partial charge in [-0.1, -0.05) is 58.4 Å². The molecule has 0 amide bonds. The van der Waals surface area contributed by atoms with Gasteiger partial charge >= 0.3 is 12.4 Å². The largest absolute Gasteiger partial charge is 0.393 e. The summed E-state index contributed by atoms with van der Waals surface area (Å²) in [4.78, 5) is 0. The van der Waals surface area contributed by atoms with Gasteiger partial charge in [0.05, 0.1) is 19.4 Å². The first-order chi connectivity index (χ1) is 12.1. The van der Waals surface area contributed by atoms with Gasteiger partial charge in [0, 0.05) is 4.47 Å². The zero-order valence-corrected chi connectivity index (χ0v) is 15.0. The standard InChI is InChI=1S/C10H9F3O.C8H6BrF3/c11-10(12,13)5-7-3-1-2-4-8(7)9-6-14-9;9-7-4-2-1-3-6(7)5-8(10,11)12/h1-4,9H,5-6H2;1-4H,5H2. The van der Waals surface area contributed by atoms with Crippen LogP contribution >= 0.6 is 15.9 Å². The molecule has 142 valence electrons. The molecule has 1 atom stereocenters. The molecule has 1 aliphatic rings. The fraction of sp³-hybridized carbons (Fsp3) is 0.333. The van der Waals surface area contributed by atoms with E-state index in [1.807, 2.05) is 0 Å². The summed E-state index contributed by atoms with van der Waals surface area (Å²) >= 11 is 3.05. The van der Waals surface area contributed by atoms with Crippen molar-refractivity contribution in [2.45, 2.75) is 31.3 Å². The minimum absolute atomic E-state index is 0.117. The third kappa shape index (κ3) is 7.37. The molecule has 0 N–H and O–H groups in total. The summed E-state index contributed by atoms with van der Waals surface area (Å²) in [7, 11) is 0. The maximum Gasteiger partial charge on any atom is 0.393 e. The second-order valence-electron chi connectivity index (χ2n) is 5.70. The number of epoxide rings is 1. The summed E-state index contributed by atoms with van der Waals surface area (Å²) in [6.45, 7) is 0.537. The predicted octanol–water partition coefficient (Wildman–Crippen LogP) is 6.42. The second-order valence-corrected chi connectivity index (χ2v) is 6.55. The zero-order chi connectivity index (χ0) is 19.4. The van der Waals surface area contributed by atoms with Crippen LogP contribution in [0.15, 0.2) is 53.0 Å². The lowest BCUT2D eigenvalue weighted by Crippen LogP contribution is -2.12. The van der Waals surface area contributed by atoms with E-state index in [4.69, 9.17) is 4.74 Å². The highest BCUT2D eigenvalue weighted by molar-refractivity contribution is 9.10. The number of hydrogen-bond acceptors (Lipinski definition) is 1. The average molecular weight is 441 g/mol. The van der Waals surface area contributed by atoms with Crippen molar-refractivity contribution in [2.75, 3.05) is 6.61 Å². The van der Waals surface area contributed by atoms with E-state index in [0.717, 1.165) is 0 Å². The summed E-state index contributed by atoms with van der Waals surface area (Å²) in [6, 6.07) is 12.9. The molecule has 2 aromatic rings.